The molecule has 1 rings (SSSR count). The van der Waals surface area contributed by atoms with Crippen LogP contribution in [-0.4, -0.2) is 31.3 Å². The molecule has 0 unspecified atom stereocenters. The Morgan fingerprint density at radius 2 is 1.95 bits per heavy atom. The van der Waals surface area contributed by atoms with E-state index in [0.29, 0.717) is 19.8 Å². The van der Waals surface area contributed by atoms with Gasteiger partial charge in [0.1, 0.15) is 0 Å². The summed E-state index contributed by atoms with van der Waals surface area (Å²) in [6, 6.07) is 4.77. The number of benzene rings is 1. The van der Waals surface area contributed by atoms with E-state index in [-0.39, 0.29) is 5.69 Å². The first-order valence-corrected chi connectivity index (χ1v) is 7.35. The molecule has 0 atom stereocenters. The molecule has 0 fully saturated rings. The molecule has 0 bridgehead atoms. The highest BCUT2D eigenvalue weighted by molar-refractivity contribution is 5.55. The number of anilines is 1. The summed E-state index contributed by atoms with van der Waals surface area (Å²) in [5.74, 6) is 0. The second-order valence-electron chi connectivity index (χ2n) is 4.65. The van der Waals surface area contributed by atoms with Crippen LogP contribution < -0.4 is 5.32 Å². The third-order valence-electron chi connectivity index (χ3n) is 2.94. The molecule has 1 aromatic carbocycles. The molecule has 1 aromatic rings. The molecule has 0 saturated heterocycles. The molecule has 6 heteroatoms. The maximum atomic E-state index is 10.8. The Hall–Kier alpha value is -1.66. The first-order valence-electron chi connectivity index (χ1n) is 7.35. The van der Waals surface area contributed by atoms with Crippen molar-refractivity contribution in [2.45, 2.75) is 33.3 Å². The summed E-state index contributed by atoms with van der Waals surface area (Å²) in [4.78, 5) is 10.4. The summed E-state index contributed by atoms with van der Waals surface area (Å²) >= 11 is 0. The quantitative estimate of drug-likeness (QED) is 0.385. The molecule has 0 aliphatic carbocycles. The standard InChI is InChI=1S/C15H24N2O4/c1-3-5-8-20-9-10-21-12-13-11-14(17(18)19)6-7-15(13)16-4-2/h6-7,11,16H,3-5,8-10,12H2,1-2H3. The minimum Gasteiger partial charge on any atom is -0.385 e. The molecule has 0 aliphatic rings. The van der Waals surface area contributed by atoms with E-state index < -0.39 is 4.92 Å². The molecule has 118 valence electrons. The van der Waals surface area contributed by atoms with E-state index in [9.17, 15) is 10.1 Å². The zero-order valence-electron chi connectivity index (χ0n) is 12.8. The Balaban J connectivity index is 2.47. The van der Waals surface area contributed by atoms with Gasteiger partial charge in [-0.15, -0.1) is 0 Å². The van der Waals surface area contributed by atoms with Gasteiger partial charge >= 0.3 is 0 Å². The molecule has 0 amide bonds. The van der Waals surface area contributed by atoms with Crippen molar-refractivity contribution in [2.24, 2.45) is 0 Å². The fourth-order valence-corrected chi connectivity index (χ4v) is 1.82. The molecule has 6 nitrogen and oxygen atoms in total. The Morgan fingerprint density at radius 1 is 1.19 bits per heavy atom. The summed E-state index contributed by atoms with van der Waals surface area (Å²) in [5, 5.41) is 14.0. The second kappa shape index (κ2) is 10.1. The van der Waals surface area contributed by atoms with Crippen LogP contribution in [0.1, 0.15) is 32.3 Å². The lowest BCUT2D eigenvalue weighted by Crippen LogP contribution is -2.07. The van der Waals surface area contributed by atoms with Gasteiger partial charge in [0, 0.05) is 36.5 Å². The van der Waals surface area contributed by atoms with Gasteiger partial charge < -0.3 is 14.8 Å². The highest BCUT2D eigenvalue weighted by atomic mass is 16.6. The lowest BCUT2D eigenvalue weighted by Gasteiger charge is -2.11. The number of hydrogen-bond acceptors (Lipinski definition) is 5. The van der Waals surface area contributed by atoms with Crippen molar-refractivity contribution in [2.75, 3.05) is 31.7 Å². The highest BCUT2D eigenvalue weighted by Crippen LogP contribution is 2.22. The number of nitro groups is 1. The third-order valence-corrected chi connectivity index (χ3v) is 2.94. The zero-order valence-corrected chi connectivity index (χ0v) is 12.8. The largest absolute Gasteiger partial charge is 0.385 e. The van der Waals surface area contributed by atoms with Crippen molar-refractivity contribution < 1.29 is 14.4 Å². The van der Waals surface area contributed by atoms with Crippen molar-refractivity contribution in [3.8, 4) is 0 Å². The van der Waals surface area contributed by atoms with Gasteiger partial charge in [-0.2, -0.15) is 0 Å². The van der Waals surface area contributed by atoms with Gasteiger partial charge in [0.2, 0.25) is 0 Å². The Labute approximate surface area is 125 Å². The number of nitro benzene ring substituents is 1. The van der Waals surface area contributed by atoms with Gasteiger partial charge in [-0.05, 0) is 19.4 Å². The van der Waals surface area contributed by atoms with Gasteiger partial charge in [0.05, 0.1) is 24.7 Å². The van der Waals surface area contributed by atoms with Crippen LogP contribution in [0.25, 0.3) is 0 Å². The molecule has 0 saturated carbocycles. The Morgan fingerprint density at radius 3 is 2.62 bits per heavy atom. The van der Waals surface area contributed by atoms with Crippen LogP contribution in [0.15, 0.2) is 18.2 Å². The fraction of sp³-hybridized carbons (Fsp3) is 0.600. The average Bonchev–Trinajstić information content (AvgIpc) is 2.47. The van der Waals surface area contributed by atoms with Crippen LogP contribution in [0.3, 0.4) is 0 Å². The van der Waals surface area contributed by atoms with Crippen molar-refractivity contribution in [3.05, 3.63) is 33.9 Å². The summed E-state index contributed by atoms with van der Waals surface area (Å²) in [6.45, 7) is 6.97. The lowest BCUT2D eigenvalue weighted by molar-refractivity contribution is -0.384. The van der Waals surface area contributed by atoms with Crippen LogP contribution >= 0.6 is 0 Å². The van der Waals surface area contributed by atoms with Crippen LogP contribution in [0, 0.1) is 10.1 Å². The summed E-state index contributed by atoms with van der Waals surface area (Å²) in [6.07, 6.45) is 2.16. The van der Waals surface area contributed by atoms with Gasteiger partial charge in [-0.25, -0.2) is 0 Å². The number of non-ortho nitro benzene ring substituents is 1. The fourth-order valence-electron chi connectivity index (χ4n) is 1.82. The maximum Gasteiger partial charge on any atom is 0.269 e. The molecule has 0 aromatic heterocycles. The van der Waals surface area contributed by atoms with Gasteiger partial charge in [0.25, 0.3) is 5.69 Å². The summed E-state index contributed by atoms with van der Waals surface area (Å²) in [7, 11) is 0. The number of unbranched alkanes of at least 4 members (excludes halogenated alkanes) is 1. The van der Waals surface area contributed by atoms with E-state index in [1.54, 1.807) is 12.1 Å². The third kappa shape index (κ3) is 6.55. The minimum absolute atomic E-state index is 0.0782. The SMILES string of the molecule is CCCCOCCOCc1cc([N+](=O)[O-])ccc1NCC. The average molecular weight is 296 g/mol. The molecular formula is C15H24N2O4. The van der Waals surface area contributed by atoms with Gasteiger partial charge in [-0.1, -0.05) is 13.3 Å². The van der Waals surface area contributed by atoms with Crippen LogP contribution in [0.2, 0.25) is 0 Å². The van der Waals surface area contributed by atoms with Gasteiger partial charge in [-0.3, -0.25) is 10.1 Å². The Bertz CT molecular complexity index is 438. The normalized spacial score (nSPS) is 10.6. The molecule has 0 heterocycles. The van der Waals surface area contributed by atoms with Crippen LogP contribution in [0.4, 0.5) is 11.4 Å². The van der Waals surface area contributed by atoms with Crippen molar-refractivity contribution in [3.63, 3.8) is 0 Å². The minimum atomic E-state index is -0.396. The molecule has 21 heavy (non-hydrogen) atoms. The summed E-state index contributed by atoms with van der Waals surface area (Å²) < 4.78 is 10.9. The van der Waals surface area contributed by atoms with Crippen LogP contribution in [-0.2, 0) is 16.1 Å². The lowest BCUT2D eigenvalue weighted by atomic mass is 10.1. The smallest absolute Gasteiger partial charge is 0.269 e. The Kier molecular flexibility index (Phi) is 8.38. The number of nitrogens with one attached hydrogen (secondary N) is 1. The van der Waals surface area contributed by atoms with E-state index in [2.05, 4.69) is 12.2 Å². The number of nitrogens with zero attached hydrogens (tertiary/aromatic N) is 1. The maximum absolute atomic E-state index is 10.8. The van der Waals surface area contributed by atoms with Crippen LogP contribution in [0.5, 0.6) is 0 Å². The molecular weight excluding hydrogens is 272 g/mol. The monoisotopic (exact) mass is 296 g/mol. The number of hydrogen-bond donors (Lipinski definition) is 1. The topological polar surface area (TPSA) is 73.6 Å². The predicted octanol–water partition coefficient (Wildman–Crippen LogP) is 3.36. The van der Waals surface area contributed by atoms with E-state index in [1.807, 2.05) is 6.92 Å². The van der Waals surface area contributed by atoms with E-state index in [0.717, 1.165) is 37.2 Å². The first-order chi connectivity index (χ1) is 10.2. The van der Waals surface area contributed by atoms with Crippen molar-refractivity contribution >= 4 is 11.4 Å². The van der Waals surface area contributed by atoms with E-state index in [4.69, 9.17) is 9.47 Å². The summed E-state index contributed by atoms with van der Waals surface area (Å²) in [5.41, 5.74) is 1.74. The number of rotatable bonds is 11. The predicted molar refractivity (Wildman–Crippen MR) is 82.6 cm³/mol. The zero-order chi connectivity index (χ0) is 15.5. The van der Waals surface area contributed by atoms with E-state index in [1.165, 1.54) is 6.07 Å². The first kappa shape index (κ1) is 17.4. The molecule has 0 spiro atoms. The molecule has 1 N–H and O–H groups in total. The molecule has 0 aliphatic heterocycles. The second-order valence-corrected chi connectivity index (χ2v) is 4.65. The molecule has 0 radical (unpaired) electrons. The van der Waals surface area contributed by atoms with Crippen molar-refractivity contribution in [1.82, 2.24) is 0 Å². The number of ether oxygens (including phenoxy) is 2. The van der Waals surface area contributed by atoms with E-state index >= 15 is 0 Å². The van der Waals surface area contributed by atoms with Gasteiger partial charge in [0.15, 0.2) is 0 Å². The highest BCUT2D eigenvalue weighted by Gasteiger charge is 2.10. The van der Waals surface area contributed by atoms with Crippen molar-refractivity contribution in [1.29, 1.82) is 0 Å².